The number of carbonyl (C=O) groups excluding carboxylic acids is 1. The van der Waals surface area contributed by atoms with Gasteiger partial charge in [0.2, 0.25) is 0 Å². The maximum atomic E-state index is 13.0. The second kappa shape index (κ2) is 12.4. The summed E-state index contributed by atoms with van der Waals surface area (Å²) in [6.07, 6.45) is 3.67. The minimum Gasteiger partial charge on any atom is -0.493 e. The van der Waals surface area contributed by atoms with E-state index in [2.05, 4.69) is 26.0 Å². The number of aliphatic hydroxyl groups is 1. The van der Waals surface area contributed by atoms with Gasteiger partial charge in [-0.25, -0.2) is 0 Å². The summed E-state index contributed by atoms with van der Waals surface area (Å²) in [7, 11) is 1.51. The Labute approximate surface area is 216 Å². The summed E-state index contributed by atoms with van der Waals surface area (Å²) in [6, 6.07) is 10.1. The summed E-state index contributed by atoms with van der Waals surface area (Å²) in [5.74, 6) is -0.527. The third kappa shape index (κ3) is 6.12. The number of aliphatic carboxylic acids is 1. The quantitative estimate of drug-likeness (QED) is 0.362. The number of benzene rings is 1. The number of rotatable bonds is 14. The highest BCUT2D eigenvalue weighted by Gasteiger charge is 2.35. The van der Waals surface area contributed by atoms with Gasteiger partial charge in [0.25, 0.3) is 5.91 Å². The normalized spacial score (nSPS) is 12.0. The van der Waals surface area contributed by atoms with E-state index in [-0.39, 0.29) is 17.9 Å². The van der Waals surface area contributed by atoms with Crippen molar-refractivity contribution in [3.8, 4) is 5.75 Å². The van der Waals surface area contributed by atoms with E-state index in [0.29, 0.717) is 38.1 Å². The fourth-order valence-electron chi connectivity index (χ4n) is 5.12. The molecule has 7 heteroatoms. The van der Waals surface area contributed by atoms with Crippen molar-refractivity contribution >= 4 is 11.9 Å². The van der Waals surface area contributed by atoms with Crippen LogP contribution in [0.3, 0.4) is 0 Å². The van der Waals surface area contributed by atoms with E-state index in [1.807, 2.05) is 50.5 Å². The fourth-order valence-corrected chi connectivity index (χ4v) is 5.12. The molecule has 36 heavy (non-hydrogen) atoms. The Morgan fingerprint density at radius 3 is 2.14 bits per heavy atom. The molecule has 0 spiro atoms. The van der Waals surface area contributed by atoms with Crippen LogP contribution in [-0.2, 0) is 16.8 Å². The van der Waals surface area contributed by atoms with Crippen LogP contribution in [0.25, 0.3) is 0 Å². The van der Waals surface area contributed by atoms with E-state index in [1.54, 1.807) is 0 Å². The molecule has 1 aromatic heterocycles. The first-order chi connectivity index (χ1) is 17.0. The molecule has 0 saturated heterocycles. The van der Waals surface area contributed by atoms with Gasteiger partial charge in [-0.2, -0.15) is 0 Å². The van der Waals surface area contributed by atoms with Gasteiger partial charge in [0.05, 0.1) is 12.2 Å². The number of likely N-dealkylation sites (N-methyl/N-ethyl adjacent to an activating group) is 1. The van der Waals surface area contributed by atoms with Crippen LogP contribution in [-0.4, -0.2) is 57.4 Å². The number of hydrogen-bond donors (Lipinski definition) is 2. The van der Waals surface area contributed by atoms with Gasteiger partial charge in [-0.05, 0) is 68.9 Å². The number of amides is 1. The predicted octanol–water partition coefficient (Wildman–Crippen LogP) is 5.40. The first-order valence-corrected chi connectivity index (χ1v) is 13.2. The second-order valence-electron chi connectivity index (χ2n) is 9.70. The minimum absolute atomic E-state index is 0.300. The third-order valence-corrected chi connectivity index (χ3v) is 7.80. The Hall–Kier alpha value is -2.80. The molecule has 0 saturated carbocycles. The van der Waals surface area contributed by atoms with Gasteiger partial charge in [0.15, 0.2) is 0 Å². The van der Waals surface area contributed by atoms with Crippen LogP contribution in [0.2, 0.25) is 0 Å². The van der Waals surface area contributed by atoms with Crippen LogP contribution in [0.5, 0.6) is 5.75 Å². The van der Waals surface area contributed by atoms with Crippen molar-refractivity contribution in [3.05, 3.63) is 52.8 Å². The molecule has 0 aliphatic carbocycles. The van der Waals surface area contributed by atoms with E-state index >= 15 is 0 Å². The van der Waals surface area contributed by atoms with E-state index < -0.39 is 11.6 Å². The fraction of sp³-hybridized carbons (Fsp3) is 0.586. The lowest BCUT2D eigenvalue weighted by atomic mass is 9.72. The molecule has 2 N–H and O–H groups in total. The molecule has 1 heterocycles. The summed E-state index contributed by atoms with van der Waals surface area (Å²) in [5.41, 5.74) is 2.73. The second-order valence-corrected chi connectivity index (χ2v) is 9.70. The zero-order chi connectivity index (χ0) is 27.1. The number of nitrogens with zero attached hydrogens (tertiary/aromatic N) is 2. The van der Waals surface area contributed by atoms with E-state index in [0.717, 1.165) is 35.4 Å². The molecule has 0 aliphatic rings. The molecule has 7 nitrogen and oxygen atoms in total. The van der Waals surface area contributed by atoms with Crippen molar-refractivity contribution in [2.75, 3.05) is 20.2 Å². The highest BCUT2D eigenvalue weighted by molar-refractivity contribution is 5.94. The highest BCUT2D eigenvalue weighted by atomic mass is 16.5. The van der Waals surface area contributed by atoms with Crippen molar-refractivity contribution in [1.82, 2.24) is 9.47 Å². The molecular formula is C29H44N2O5. The molecule has 1 amide bonds. The number of hydrogen-bond acceptors (Lipinski definition) is 4. The molecule has 0 radical (unpaired) electrons. The molecule has 200 valence electrons. The minimum atomic E-state index is -1.04. The van der Waals surface area contributed by atoms with Crippen LogP contribution < -0.4 is 4.74 Å². The number of aromatic nitrogens is 1. The van der Waals surface area contributed by atoms with Gasteiger partial charge in [-0.3, -0.25) is 9.59 Å². The number of carbonyl (C=O) groups is 2. The van der Waals surface area contributed by atoms with Gasteiger partial charge in [-0.1, -0.05) is 39.8 Å². The van der Waals surface area contributed by atoms with Crippen LogP contribution in [0, 0.1) is 6.92 Å². The lowest BCUT2D eigenvalue weighted by Gasteiger charge is -2.35. The Morgan fingerprint density at radius 1 is 1.00 bits per heavy atom. The smallest absolute Gasteiger partial charge is 0.323 e. The summed E-state index contributed by atoms with van der Waals surface area (Å²) in [6.45, 7) is 13.1. The molecule has 0 atom stereocenters. The van der Waals surface area contributed by atoms with E-state index in [1.165, 1.54) is 11.9 Å². The maximum Gasteiger partial charge on any atom is 0.323 e. The summed E-state index contributed by atoms with van der Waals surface area (Å²) < 4.78 is 8.07. The van der Waals surface area contributed by atoms with Gasteiger partial charge >= 0.3 is 5.97 Å². The lowest BCUT2D eigenvalue weighted by molar-refractivity contribution is -0.137. The molecule has 0 aliphatic heterocycles. The molecule has 2 aromatic rings. The lowest BCUT2D eigenvalue weighted by Crippen LogP contribution is -2.35. The molecular weight excluding hydrogens is 456 g/mol. The van der Waals surface area contributed by atoms with Crippen molar-refractivity contribution in [3.63, 3.8) is 0 Å². The van der Waals surface area contributed by atoms with E-state index in [9.17, 15) is 14.7 Å². The highest BCUT2D eigenvalue weighted by Crippen LogP contribution is 2.41. The number of carboxylic acids is 1. The van der Waals surface area contributed by atoms with E-state index in [4.69, 9.17) is 9.84 Å². The summed E-state index contributed by atoms with van der Waals surface area (Å²) in [4.78, 5) is 25.4. The Kier molecular flexibility index (Phi) is 10.2. The van der Waals surface area contributed by atoms with Crippen LogP contribution in [0.15, 0.2) is 30.3 Å². The van der Waals surface area contributed by atoms with Crippen LogP contribution in [0.4, 0.5) is 0 Å². The Balaban J connectivity index is 2.41. The largest absolute Gasteiger partial charge is 0.493 e. The zero-order valence-corrected chi connectivity index (χ0v) is 23.1. The first-order valence-electron chi connectivity index (χ1n) is 13.2. The van der Waals surface area contributed by atoms with Crippen molar-refractivity contribution in [2.45, 2.75) is 91.2 Å². The topological polar surface area (TPSA) is 92.0 Å². The SMILES string of the molecule is CCn1c(C(=O)N(C)CC(=O)O)ccc1C(CC)(CC)c1ccc(OCCC(O)(CC)CC)c(C)c1. The maximum absolute atomic E-state index is 13.0. The third-order valence-electron chi connectivity index (χ3n) is 7.80. The van der Waals surface area contributed by atoms with Crippen molar-refractivity contribution in [2.24, 2.45) is 0 Å². The summed E-state index contributed by atoms with van der Waals surface area (Å²) in [5, 5.41) is 19.7. The average molecular weight is 501 g/mol. The zero-order valence-electron chi connectivity index (χ0n) is 23.1. The van der Waals surface area contributed by atoms with Crippen molar-refractivity contribution < 1.29 is 24.5 Å². The molecule has 0 bridgehead atoms. The number of carboxylic acid groups (broad SMARTS) is 1. The Morgan fingerprint density at radius 2 is 1.64 bits per heavy atom. The molecule has 1 aromatic carbocycles. The molecule has 0 fully saturated rings. The van der Waals surface area contributed by atoms with Gasteiger partial charge in [0, 0.05) is 31.1 Å². The first kappa shape index (κ1) is 29.4. The van der Waals surface area contributed by atoms with Crippen molar-refractivity contribution in [1.29, 1.82) is 0 Å². The van der Waals surface area contributed by atoms with Gasteiger partial charge in [0.1, 0.15) is 18.0 Å². The summed E-state index contributed by atoms with van der Waals surface area (Å²) >= 11 is 0. The number of aryl methyl sites for hydroxylation is 1. The average Bonchev–Trinajstić information content (AvgIpc) is 3.29. The monoisotopic (exact) mass is 500 g/mol. The predicted molar refractivity (Wildman–Crippen MR) is 143 cm³/mol. The molecule has 2 rings (SSSR count). The van der Waals surface area contributed by atoms with Crippen LogP contribution >= 0.6 is 0 Å². The van der Waals surface area contributed by atoms with Gasteiger partial charge in [-0.15, -0.1) is 0 Å². The van der Waals surface area contributed by atoms with Crippen LogP contribution in [0.1, 0.15) is 94.0 Å². The molecule has 0 unspecified atom stereocenters. The Bertz CT molecular complexity index is 1030. The standard InChI is InChI=1S/C29H44N2O5/c1-8-28(35,9-2)17-18-36-24-15-13-22(19-21(24)6)29(10-3,11-4)25-16-14-23(31(25)12-5)27(34)30(7)20-26(32)33/h13-16,19,35H,8-12,17-18,20H2,1-7H3,(H,32,33). The van der Waals surface area contributed by atoms with Gasteiger partial charge < -0.3 is 24.4 Å². The number of ether oxygens (including phenoxy) is 1.